The minimum absolute atomic E-state index is 0.0403. The molecule has 2 heterocycles. The average molecular weight is 490 g/mol. The molecule has 0 bridgehead atoms. The van der Waals surface area contributed by atoms with Gasteiger partial charge in [0.2, 0.25) is 0 Å². The Bertz CT molecular complexity index is 1040. The van der Waals surface area contributed by atoms with E-state index in [4.69, 9.17) is 14.2 Å². The van der Waals surface area contributed by atoms with Gasteiger partial charge in [-0.05, 0) is 68.3 Å². The van der Waals surface area contributed by atoms with E-state index in [1.807, 2.05) is 30.1 Å². The second kappa shape index (κ2) is 10.6. The normalized spacial score (nSPS) is 24.6. The SMILES string of the molecule is COC(=O)C(C)Oc1cc(C)ccc1COC1=CC(F)C(=NC2SC(=O)N3CCCCN23)C=C1. The molecule has 1 aromatic rings. The lowest BCUT2D eigenvalue weighted by Crippen LogP contribution is -2.46. The summed E-state index contributed by atoms with van der Waals surface area (Å²) in [5.41, 5.74) is 1.51. The number of amides is 1. The molecule has 0 saturated carbocycles. The molecule has 8 nitrogen and oxygen atoms in total. The van der Waals surface area contributed by atoms with E-state index in [9.17, 15) is 14.0 Å². The number of esters is 1. The predicted molar refractivity (Wildman–Crippen MR) is 127 cm³/mol. The molecule has 3 atom stereocenters. The largest absolute Gasteiger partial charge is 0.489 e. The summed E-state index contributed by atoms with van der Waals surface area (Å²) in [4.78, 5) is 28.4. The smallest absolute Gasteiger partial charge is 0.346 e. The van der Waals surface area contributed by atoms with Gasteiger partial charge in [-0.25, -0.2) is 9.18 Å². The molecule has 34 heavy (non-hydrogen) atoms. The molecule has 1 aromatic carbocycles. The van der Waals surface area contributed by atoms with Gasteiger partial charge in [-0.1, -0.05) is 12.1 Å². The summed E-state index contributed by atoms with van der Waals surface area (Å²) < 4.78 is 31.2. The molecule has 4 rings (SSSR count). The van der Waals surface area contributed by atoms with Crippen LogP contribution in [0.25, 0.3) is 0 Å². The van der Waals surface area contributed by atoms with Gasteiger partial charge in [-0.15, -0.1) is 0 Å². The Morgan fingerprint density at radius 3 is 2.85 bits per heavy atom. The van der Waals surface area contributed by atoms with Crippen LogP contribution in [0.5, 0.6) is 5.75 Å². The summed E-state index contributed by atoms with van der Waals surface area (Å²) in [5.74, 6) is 0.397. The fourth-order valence-electron chi connectivity index (χ4n) is 3.85. The Morgan fingerprint density at radius 1 is 1.29 bits per heavy atom. The molecule has 1 aliphatic carbocycles. The Kier molecular flexibility index (Phi) is 7.57. The lowest BCUT2D eigenvalue weighted by molar-refractivity contribution is -0.147. The second-order valence-electron chi connectivity index (χ2n) is 8.24. The number of nitrogens with zero attached hydrogens (tertiary/aromatic N) is 3. The van der Waals surface area contributed by atoms with Crippen molar-refractivity contribution >= 4 is 28.7 Å². The molecule has 0 spiro atoms. The minimum atomic E-state index is -1.44. The lowest BCUT2D eigenvalue weighted by Gasteiger charge is -2.33. The zero-order valence-electron chi connectivity index (χ0n) is 19.4. The van der Waals surface area contributed by atoms with Crippen LogP contribution in [0.3, 0.4) is 0 Å². The first-order valence-corrected chi connectivity index (χ1v) is 12.1. The third-order valence-corrected chi connectivity index (χ3v) is 6.69. The Hall–Kier alpha value is -2.85. The van der Waals surface area contributed by atoms with Crippen molar-refractivity contribution in [3.05, 3.63) is 53.3 Å². The van der Waals surface area contributed by atoms with E-state index in [1.165, 1.54) is 13.2 Å². The molecule has 2 aliphatic heterocycles. The van der Waals surface area contributed by atoms with Crippen LogP contribution in [0, 0.1) is 6.92 Å². The maximum absolute atomic E-state index is 14.9. The summed E-state index contributed by atoms with van der Waals surface area (Å²) in [5, 5.41) is 3.57. The van der Waals surface area contributed by atoms with E-state index in [0.717, 1.165) is 42.3 Å². The number of fused-ring (bicyclic) bond motifs is 1. The highest BCUT2D eigenvalue weighted by Crippen LogP contribution is 2.34. The van der Waals surface area contributed by atoms with Gasteiger partial charge < -0.3 is 14.2 Å². The van der Waals surface area contributed by atoms with Gasteiger partial charge in [0.1, 0.15) is 18.1 Å². The molecule has 10 heteroatoms. The summed E-state index contributed by atoms with van der Waals surface area (Å²) >= 11 is 1.11. The molecule has 1 amide bonds. The highest BCUT2D eigenvalue weighted by atomic mass is 32.2. The number of aliphatic imine (C=N–C) groups is 1. The number of methoxy groups -OCH3 is 1. The minimum Gasteiger partial charge on any atom is -0.489 e. The average Bonchev–Trinajstić information content (AvgIpc) is 3.15. The number of aryl methyl sites for hydroxylation is 1. The van der Waals surface area contributed by atoms with Gasteiger partial charge in [0.15, 0.2) is 17.8 Å². The number of allylic oxidation sites excluding steroid dienone is 3. The van der Waals surface area contributed by atoms with Gasteiger partial charge in [-0.3, -0.25) is 14.8 Å². The quantitative estimate of drug-likeness (QED) is 0.533. The van der Waals surface area contributed by atoms with Gasteiger partial charge in [0.25, 0.3) is 5.24 Å². The number of alkyl halides is 1. The zero-order valence-corrected chi connectivity index (χ0v) is 20.2. The van der Waals surface area contributed by atoms with Crippen molar-refractivity contribution in [2.45, 2.75) is 51.1 Å². The molecule has 3 aliphatic rings. The van der Waals surface area contributed by atoms with Crippen molar-refractivity contribution in [3.63, 3.8) is 0 Å². The topological polar surface area (TPSA) is 80.7 Å². The van der Waals surface area contributed by atoms with Crippen LogP contribution in [0.15, 0.2) is 47.2 Å². The van der Waals surface area contributed by atoms with Crippen LogP contribution in [0.2, 0.25) is 0 Å². The Morgan fingerprint density at radius 2 is 2.09 bits per heavy atom. The molecule has 182 valence electrons. The van der Waals surface area contributed by atoms with Crippen LogP contribution in [0.1, 0.15) is 30.9 Å². The van der Waals surface area contributed by atoms with Crippen molar-refractivity contribution < 1.29 is 28.2 Å². The van der Waals surface area contributed by atoms with E-state index in [1.54, 1.807) is 24.1 Å². The first-order chi connectivity index (χ1) is 16.4. The van der Waals surface area contributed by atoms with Gasteiger partial charge in [0.05, 0.1) is 12.8 Å². The third kappa shape index (κ3) is 5.44. The zero-order chi connectivity index (χ0) is 24.2. The molecular formula is C24H28FN3O5S. The summed E-state index contributed by atoms with van der Waals surface area (Å²) in [6, 6.07) is 5.57. The summed E-state index contributed by atoms with van der Waals surface area (Å²) in [6.45, 7) is 5.08. The van der Waals surface area contributed by atoms with Gasteiger partial charge in [0, 0.05) is 18.7 Å². The highest BCUT2D eigenvalue weighted by molar-refractivity contribution is 8.14. The fourth-order valence-corrected chi connectivity index (χ4v) is 4.87. The Labute approximate surface area is 202 Å². The Balaban J connectivity index is 1.40. The molecular weight excluding hydrogens is 461 g/mol. The first-order valence-electron chi connectivity index (χ1n) is 11.2. The second-order valence-corrected chi connectivity index (χ2v) is 9.25. The number of carbonyl (C=O) groups is 2. The molecule has 0 radical (unpaired) electrons. The van der Waals surface area contributed by atoms with E-state index in [0.29, 0.717) is 18.1 Å². The number of ether oxygens (including phenoxy) is 3. The van der Waals surface area contributed by atoms with Gasteiger partial charge in [-0.2, -0.15) is 5.01 Å². The fraction of sp³-hybridized carbons (Fsp3) is 0.458. The van der Waals surface area contributed by atoms with Crippen LogP contribution >= 0.6 is 11.8 Å². The number of hydrazine groups is 1. The maximum atomic E-state index is 14.9. The van der Waals surface area contributed by atoms with Crippen LogP contribution < -0.4 is 4.74 Å². The van der Waals surface area contributed by atoms with E-state index in [2.05, 4.69) is 4.99 Å². The van der Waals surface area contributed by atoms with Gasteiger partial charge >= 0.3 is 5.97 Å². The molecule has 2 fully saturated rings. The molecule has 0 aromatic heterocycles. The lowest BCUT2D eigenvalue weighted by atomic mass is 10.1. The number of hydrogen-bond donors (Lipinski definition) is 0. The monoisotopic (exact) mass is 489 g/mol. The first kappa shape index (κ1) is 24.3. The number of carbonyl (C=O) groups excluding carboxylic acids is 2. The number of benzene rings is 1. The maximum Gasteiger partial charge on any atom is 0.346 e. The summed E-state index contributed by atoms with van der Waals surface area (Å²) in [6.07, 6.45) is 4.35. The van der Waals surface area contributed by atoms with E-state index >= 15 is 0 Å². The van der Waals surface area contributed by atoms with Crippen molar-refractivity contribution in [2.24, 2.45) is 4.99 Å². The number of halogens is 1. The standard InChI is InChI=1S/C24H28FN3O5S/c1-15-6-7-17(21(12-15)33-16(2)22(29)31-3)14-32-18-8-9-20(19(25)13-18)26-23-27-10-4-5-11-28(27)24(30)34-23/h6-9,12-13,16,19,23H,4-5,10-11,14H2,1-3H3. The number of hydrogen-bond acceptors (Lipinski definition) is 8. The van der Waals surface area contributed by atoms with Crippen molar-refractivity contribution in [2.75, 3.05) is 20.2 Å². The predicted octanol–water partition coefficient (Wildman–Crippen LogP) is 4.15. The molecule has 3 unspecified atom stereocenters. The number of thioether (sulfide) groups is 1. The van der Waals surface area contributed by atoms with E-state index < -0.39 is 23.7 Å². The van der Waals surface area contributed by atoms with Crippen LogP contribution in [-0.2, 0) is 20.9 Å². The third-order valence-electron chi connectivity index (χ3n) is 5.71. The summed E-state index contributed by atoms with van der Waals surface area (Å²) in [7, 11) is 1.31. The van der Waals surface area contributed by atoms with Crippen molar-refractivity contribution in [1.82, 2.24) is 10.0 Å². The number of rotatable bonds is 7. The van der Waals surface area contributed by atoms with Crippen molar-refractivity contribution in [1.29, 1.82) is 0 Å². The van der Waals surface area contributed by atoms with E-state index in [-0.39, 0.29) is 17.6 Å². The van der Waals surface area contributed by atoms with Crippen molar-refractivity contribution in [3.8, 4) is 5.75 Å². The molecule has 2 saturated heterocycles. The van der Waals surface area contributed by atoms with Crippen LogP contribution in [0.4, 0.5) is 9.18 Å². The highest BCUT2D eigenvalue weighted by Gasteiger charge is 2.40. The van der Waals surface area contributed by atoms with Crippen LogP contribution in [-0.4, -0.2) is 64.9 Å². The molecule has 0 N–H and O–H groups in total.